The van der Waals surface area contributed by atoms with E-state index < -0.39 is 22.2 Å². The lowest BCUT2D eigenvalue weighted by Crippen LogP contribution is -2.25. The van der Waals surface area contributed by atoms with Crippen LogP contribution in [0.25, 0.3) is 0 Å². The molecule has 0 fully saturated rings. The quantitative estimate of drug-likeness (QED) is 0.326. The first kappa shape index (κ1) is 20.0. The van der Waals surface area contributed by atoms with E-state index in [1.807, 2.05) is 0 Å². The molecule has 0 bridgehead atoms. The van der Waals surface area contributed by atoms with Crippen LogP contribution in [0.5, 0.6) is 0 Å². The van der Waals surface area contributed by atoms with Gasteiger partial charge in [-0.15, -0.1) is 6.58 Å². The molecule has 3 nitrogen and oxygen atoms in total. The minimum Gasteiger partial charge on any atom is -0.259 e. The lowest BCUT2D eigenvalue weighted by Gasteiger charge is -2.05. The monoisotopic (exact) mass is 305 g/mol. The summed E-state index contributed by atoms with van der Waals surface area (Å²) in [4.78, 5) is 0. The summed E-state index contributed by atoms with van der Waals surface area (Å²) in [5.74, 6) is 0. The maximum absolute atomic E-state index is 11.4. The number of rotatable bonds is 6. The highest BCUT2D eigenvalue weighted by Crippen LogP contribution is 2.24. The minimum atomic E-state index is -5.43. The third kappa shape index (κ3) is 10.8. The SMILES string of the molecule is C=CCOS(=O)(=O)C(F)(F)F.CCCC[Si](C)C. The van der Waals surface area contributed by atoms with Crippen molar-refractivity contribution < 1.29 is 25.8 Å². The zero-order chi connectivity index (χ0) is 14.8. The first-order valence-corrected chi connectivity index (χ1v) is 9.55. The van der Waals surface area contributed by atoms with E-state index in [2.05, 4.69) is 30.8 Å². The topological polar surface area (TPSA) is 43.4 Å². The highest BCUT2D eigenvalue weighted by molar-refractivity contribution is 7.87. The Morgan fingerprint density at radius 3 is 2.06 bits per heavy atom. The van der Waals surface area contributed by atoms with E-state index in [-0.39, 0.29) is 8.80 Å². The molecule has 109 valence electrons. The fraction of sp³-hybridized carbons (Fsp3) is 0.800. The van der Waals surface area contributed by atoms with Crippen LogP contribution in [0, 0.1) is 0 Å². The van der Waals surface area contributed by atoms with E-state index in [1.165, 1.54) is 18.9 Å². The van der Waals surface area contributed by atoms with Crippen LogP contribution in [0.1, 0.15) is 19.8 Å². The lowest BCUT2D eigenvalue weighted by molar-refractivity contribution is -0.0535. The Balaban J connectivity index is 0. The van der Waals surface area contributed by atoms with Gasteiger partial charge >= 0.3 is 15.6 Å². The van der Waals surface area contributed by atoms with E-state index in [0.29, 0.717) is 0 Å². The largest absolute Gasteiger partial charge is 0.523 e. The average Bonchev–Trinajstić information content (AvgIpc) is 2.23. The molecule has 0 aliphatic heterocycles. The summed E-state index contributed by atoms with van der Waals surface area (Å²) in [5, 5.41) is 0. The Bertz CT molecular complexity index is 313. The van der Waals surface area contributed by atoms with Crippen molar-refractivity contribution in [3.8, 4) is 0 Å². The van der Waals surface area contributed by atoms with Crippen LogP contribution in [0.4, 0.5) is 13.2 Å². The van der Waals surface area contributed by atoms with Crippen LogP contribution in [0.2, 0.25) is 19.1 Å². The standard InChI is InChI=1S/C6H15Si.C4H5F3O3S/c1-4-5-6-7(2)3;1-2-3-10-11(8,9)4(5,6)7/h4-6H2,1-3H3;2H,1,3H2. The third-order valence-corrected chi connectivity index (χ3v) is 4.02. The van der Waals surface area contributed by atoms with Crippen LogP contribution >= 0.6 is 0 Å². The van der Waals surface area contributed by atoms with Gasteiger partial charge in [0.1, 0.15) is 0 Å². The maximum Gasteiger partial charge on any atom is 0.523 e. The lowest BCUT2D eigenvalue weighted by atomic mass is 10.4. The summed E-state index contributed by atoms with van der Waals surface area (Å²) < 4.78 is 57.7. The van der Waals surface area contributed by atoms with Gasteiger partial charge in [0.25, 0.3) is 0 Å². The van der Waals surface area contributed by atoms with Gasteiger partial charge in [-0.25, -0.2) is 0 Å². The summed E-state index contributed by atoms with van der Waals surface area (Å²) in [5.41, 5.74) is -5.35. The summed E-state index contributed by atoms with van der Waals surface area (Å²) in [6, 6.07) is 1.50. The average molecular weight is 305 g/mol. The van der Waals surface area contributed by atoms with Gasteiger partial charge in [0.15, 0.2) is 0 Å². The van der Waals surface area contributed by atoms with Crippen LogP contribution in [-0.4, -0.2) is 29.3 Å². The summed E-state index contributed by atoms with van der Waals surface area (Å²) in [7, 11) is -5.33. The van der Waals surface area contributed by atoms with Gasteiger partial charge in [-0.2, -0.15) is 21.6 Å². The molecule has 0 rings (SSSR count). The normalized spacial score (nSPS) is 11.9. The van der Waals surface area contributed by atoms with E-state index in [9.17, 15) is 21.6 Å². The predicted octanol–water partition coefficient (Wildman–Crippen LogP) is 3.58. The van der Waals surface area contributed by atoms with Crippen LogP contribution in [0.15, 0.2) is 12.7 Å². The molecule has 0 unspecified atom stereocenters. The van der Waals surface area contributed by atoms with Crippen molar-refractivity contribution in [1.82, 2.24) is 0 Å². The van der Waals surface area contributed by atoms with E-state index in [1.54, 1.807) is 0 Å². The van der Waals surface area contributed by atoms with Crippen LogP contribution in [-0.2, 0) is 14.3 Å². The molecule has 0 aromatic rings. The molecule has 0 aromatic heterocycles. The van der Waals surface area contributed by atoms with Crippen molar-refractivity contribution in [2.24, 2.45) is 0 Å². The van der Waals surface area contributed by atoms with E-state index in [4.69, 9.17) is 0 Å². The van der Waals surface area contributed by atoms with Crippen molar-refractivity contribution in [1.29, 1.82) is 0 Å². The Morgan fingerprint density at radius 2 is 1.83 bits per heavy atom. The van der Waals surface area contributed by atoms with Crippen molar-refractivity contribution in [2.45, 2.75) is 44.4 Å². The number of alkyl halides is 3. The van der Waals surface area contributed by atoms with Gasteiger partial charge in [0.05, 0.1) is 6.61 Å². The molecule has 0 aromatic carbocycles. The number of hydrogen-bond acceptors (Lipinski definition) is 3. The van der Waals surface area contributed by atoms with Gasteiger partial charge in [0.2, 0.25) is 0 Å². The van der Waals surface area contributed by atoms with Crippen LogP contribution in [0.3, 0.4) is 0 Å². The van der Waals surface area contributed by atoms with Crippen molar-refractivity contribution in [3.05, 3.63) is 12.7 Å². The molecular weight excluding hydrogens is 285 g/mol. The van der Waals surface area contributed by atoms with Crippen molar-refractivity contribution in [2.75, 3.05) is 6.61 Å². The minimum absolute atomic E-state index is 0.103. The molecule has 0 saturated carbocycles. The molecule has 8 heteroatoms. The first-order chi connectivity index (χ1) is 8.08. The molecule has 0 aliphatic carbocycles. The van der Waals surface area contributed by atoms with Gasteiger partial charge < -0.3 is 0 Å². The van der Waals surface area contributed by atoms with Gasteiger partial charge in [-0.3, -0.25) is 4.18 Å². The smallest absolute Gasteiger partial charge is 0.259 e. The highest BCUT2D eigenvalue weighted by atomic mass is 32.2. The molecule has 0 saturated heterocycles. The third-order valence-electron chi connectivity index (χ3n) is 1.65. The molecule has 0 heterocycles. The van der Waals surface area contributed by atoms with Gasteiger partial charge in [-0.1, -0.05) is 45.0 Å². The molecule has 1 radical (unpaired) electrons. The van der Waals surface area contributed by atoms with E-state index in [0.717, 1.165) is 6.08 Å². The Labute approximate surface area is 109 Å². The fourth-order valence-electron chi connectivity index (χ4n) is 0.735. The highest BCUT2D eigenvalue weighted by Gasteiger charge is 2.47. The zero-order valence-electron chi connectivity index (χ0n) is 10.9. The number of hydrogen-bond donors (Lipinski definition) is 0. The fourth-order valence-corrected chi connectivity index (χ4v) is 2.20. The van der Waals surface area contributed by atoms with Gasteiger partial charge in [-0.05, 0) is 0 Å². The Hall–Kier alpha value is -0.343. The molecular formula is C10H20F3O3SSi. The van der Waals surface area contributed by atoms with Crippen molar-refractivity contribution in [3.63, 3.8) is 0 Å². The molecule has 0 spiro atoms. The Kier molecular flexibility index (Phi) is 10.6. The molecule has 0 amide bonds. The molecule has 18 heavy (non-hydrogen) atoms. The second kappa shape index (κ2) is 9.57. The zero-order valence-corrected chi connectivity index (χ0v) is 12.7. The molecule has 0 N–H and O–H groups in total. The molecule has 0 atom stereocenters. The van der Waals surface area contributed by atoms with Gasteiger partial charge in [0, 0.05) is 8.80 Å². The maximum atomic E-state index is 11.4. The summed E-state index contributed by atoms with van der Waals surface area (Å²) >= 11 is 0. The number of halogens is 3. The second-order valence-electron chi connectivity index (χ2n) is 3.78. The van der Waals surface area contributed by atoms with E-state index >= 15 is 0 Å². The summed E-state index contributed by atoms with van der Waals surface area (Å²) in [6.45, 7) is 9.32. The van der Waals surface area contributed by atoms with Crippen LogP contribution < -0.4 is 0 Å². The Morgan fingerprint density at radius 1 is 1.33 bits per heavy atom. The second-order valence-corrected chi connectivity index (χ2v) is 8.30. The number of unbranched alkanes of at least 4 members (excludes halogenated alkanes) is 1. The summed E-state index contributed by atoms with van der Waals surface area (Å²) in [6.07, 6.45) is 3.72. The predicted molar refractivity (Wildman–Crippen MR) is 68.3 cm³/mol. The van der Waals surface area contributed by atoms with Crippen molar-refractivity contribution >= 4 is 18.9 Å². The first-order valence-electron chi connectivity index (χ1n) is 5.44. The molecule has 0 aliphatic rings.